The van der Waals surface area contributed by atoms with Crippen LogP contribution in [0.3, 0.4) is 0 Å². The first-order valence-electron chi connectivity index (χ1n) is 12.8. The number of carboxylic acids is 1. The molecule has 3 heteroatoms. The fourth-order valence-electron chi connectivity index (χ4n) is 9.67. The van der Waals surface area contributed by atoms with Crippen molar-refractivity contribution in [1.82, 2.24) is 0 Å². The van der Waals surface area contributed by atoms with Gasteiger partial charge in [0.25, 0.3) is 0 Å². The molecule has 5 aliphatic rings. The van der Waals surface area contributed by atoms with Gasteiger partial charge in [0.1, 0.15) is 0 Å². The van der Waals surface area contributed by atoms with E-state index in [0.29, 0.717) is 17.8 Å². The van der Waals surface area contributed by atoms with Crippen LogP contribution >= 0.6 is 0 Å². The largest absolute Gasteiger partial charge is 0.481 e. The van der Waals surface area contributed by atoms with E-state index in [9.17, 15) is 14.7 Å². The second-order valence-corrected chi connectivity index (χ2v) is 12.8. The summed E-state index contributed by atoms with van der Waals surface area (Å²) in [6.45, 7) is 17.9. The molecule has 0 saturated heterocycles. The van der Waals surface area contributed by atoms with Gasteiger partial charge in [-0.2, -0.15) is 0 Å². The van der Waals surface area contributed by atoms with Crippen LogP contribution in [0.25, 0.3) is 0 Å². The maximum Gasteiger partial charge on any atom is 0.310 e. The zero-order valence-corrected chi connectivity index (χ0v) is 20.4. The topological polar surface area (TPSA) is 54.4 Å². The van der Waals surface area contributed by atoms with Gasteiger partial charge in [-0.25, -0.2) is 0 Å². The van der Waals surface area contributed by atoms with Gasteiger partial charge in [0.2, 0.25) is 0 Å². The van der Waals surface area contributed by atoms with E-state index in [4.69, 9.17) is 0 Å². The Balaban J connectivity index is 1.60. The van der Waals surface area contributed by atoms with Crippen LogP contribution in [-0.2, 0) is 9.59 Å². The van der Waals surface area contributed by atoms with Gasteiger partial charge in [0.15, 0.2) is 5.78 Å². The molecule has 5 aliphatic carbocycles. The second-order valence-electron chi connectivity index (χ2n) is 12.8. The molecule has 1 N–H and O–H groups in total. The molecule has 0 spiro atoms. The van der Waals surface area contributed by atoms with Crippen LogP contribution in [0, 0.1) is 51.8 Å². The normalized spacial score (nSPS) is 50.5. The molecule has 0 bridgehead atoms. The number of rotatable bonds is 1. The number of carbonyl (C=O) groups is 2. The van der Waals surface area contributed by atoms with Crippen molar-refractivity contribution in [2.75, 3.05) is 0 Å². The second kappa shape index (κ2) is 6.93. The first kappa shape index (κ1) is 22.2. The summed E-state index contributed by atoms with van der Waals surface area (Å²) in [5.41, 5.74) is 3.54. The third kappa shape index (κ3) is 2.72. The minimum absolute atomic E-state index is 0.0143. The highest BCUT2D eigenvalue weighted by Gasteiger charge is 2.65. The molecular formula is C29H40O3. The van der Waals surface area contributed by atoms with Gasteiger partial charge in [0, 0.05) is 5.92 Å². The monoisotopic (exact) mass is 436 g/mol. The standard InChI is InChI=1S/C29H40O3/c1-16-7-11-27(4)12-9-20-19(24(27)18(16)3)15-22(30)25-28(20,5)14-10-21-23(26(31)32)17(2)8-13-29(21,25)6/h15,18,20-21,23-25H,1-2,7-14H2,3-6H3,(H,31,32)/t18-,20?,21?,23-,24?,25?,27+,28-,29-/m0/s1. The zero-order valence-electron chi connectivity index (χ0n) is 20.4. The summed E-state index contributed by atoms with van der Waals surface area (Å²) in [5, 5.41) is 10.0. The van der Waals surface area contributed by atoms with Gasteiger partial charge in [-0.1, -0.05) is 57.6 Å². The first-order valence-corrected chi connectivity index (χ1v) is 12.8. The molecule has 32 heavy (non-hydrogen) atoms. The molecule has 174 valence electrons. The summed E-state index contributed by atoms with van der Waals surface area (Å²) in [5.74, 6) is 0.233. The van der Waals surface area contributed by atoms with Crippen molar-refractivity contribution in [2.24, 2.45) is 51.8 Å². The van der Waals surface area contributed by atoms with Crippen molar-refractivity contribution in [2.45, 2.75) is 79.1 Å². The van der Waals surface area contributed by atoms with Crippen LogP contribution in [0.4, 0.5) is 0 Å². The molecule has 3 nitrogen and oxygen atoms in total. The van der Waals surface area contributed by atoms with Crippen LogP contribution in [0.5, 0.6) is 0 Å². The average molecular weight is 437 g/mol. The predicted octanol–water partition coefficient (Wildman–Crippen LogP) is 6.60. The van der Waals surface area contributed by atoms with Crippen LogP contribution in [-0.4, -0.2) is 16.9 Å². The van der Waals surface area contributed by atoms with E-state index < -0.39 is 11.9 Å². The van der Waals surface area contributed by atoms with Gasteiger partial charge in [-0.3, -0.25) is 9.59 Å². The molecule has 4 unspecified atom stereocenters. The van der Waals surface area contributed by atoms with E-state index in [0.717, 1.165) is 44.1 Å². The van der Waals surface area contributed by atoms with Crippen LogP contribution in [0.1, 0.15) is 79.1 Å². The Morgan fingerprint density at radius 3 is 2.38 bits per heavy atom. The Morgan fingerprint density at radius 2 is 1.69 bits per heavy atom. The Bertz CT molecular complexity index is 942. The fraction of sp³-hybridized carbons (Fsp3) is 0.724. The molecule has 0 heterocycles. The van der Waals surface area contributed by atoms with Crippen molar-refractivity contribution < 1.29 is 14.7 Å². The lowest BCUT2D eigenvalue weighted by atomic mass is 9.38. The van der Waals surface area contributed by atoms with E-state index in [-0.39, 0.29) is 33.9 Å². The van der Waals surface area contributed by atoms with Gasteiger partial charge in [0.05, 0.1) is 5.92 Å². The first-order chi connectivity index (χ1) is 14.9. The Morgan fingerprint density at radius 1 is 1.00 bits per heavy atom. The van der Waals surface area contributed by atoms with E-state index in [2.05, 4.69) is 46.9 Å². The summed E-state index contributed by atoms with van der Waals surface area (Å²) in [6.07, 6.45) is 10.2. The molecule has 0 amide bonds. The molecule has 9 atom stereocenters. The maximum absolute atomic E-state index is 14.0. The molecule has 0 aliphatic heterocycles. The van der Waals surface area contributed by atoms with Crippen molar-refractivity contribution >= 4 is 11.8 Å². The van der Waals surface area contributed by atoms with Gasteiger partial charge < -0.3 is 5.11 Å². The average Bonchev–Trinajstić information content (AvgIpc) is 2.70. The summed E-state index contributed by atoms with van der Waals surface area (Å²) in [7, 11) is 0. The lowest BCUT2D eigenvalue weighted by Crippen LogP contribution is -2.61. The van der Waals surface area contributed by atoms with Gasteiger partial charge in [-0.05, 0) is 97.4 Å². The molecule has 0 aromatic rings. The van der Waals surface area contributed by atoms with Gasteiger partial charge >= 0.3 is 5.97 Å². The predicted molar refractivity (Wildman–Crippen MR) is 127 cm³/mol. The highest BCUT2D eigenvalue weighted by Crippen LogP contribution is 2.70. The van der Waals surface area contributed by atoms with Crippen LogP contribution in [0.2, 0.25) is 0 Å². The van der Waals surface area contributed by atoms with E-state index in [1.807, 2.05) is 0 Å². The highest BCUT2D eigenvalue weighted by molar-refractivity contribution is 5.95. The smallest absolute Gasteiger partial charge is 0.310 e. The molecule has 0 aromatic carbocycles. The van der Waals surface area contributed by atoms with Gasteiger partial charge in [-0.15, -0.1) is 0 Å². The lowest BCUT2D eigenvalue weighted by Gasteiger charge is -2.65. The number of hydrogen-bond donors (Lipinski definition) is 1. The van der Waals surface area contributed by atoms with E-state index in [1.54, 1.807) is 0 Å². The molecule has 4 saturated carbocycles. The Hall–Kier alpha value is -1.64. The minimum atomic E-state index is -0.753. The summed E-state index contributed by atoms with van der Waals surface area (Å²) in [6, 6.07) is 0. The van der Waals surface area contributed by atoms with Crippen molar-refractivity contribution in [3.63, 3.8) is 0 Å². The number of ketones is 1. The molecule has 0 radical (unpaired) electrons. The van der Waals surface area contributed by atoms with Crippen molar-refractivity contribution in [3.05, 3.63) is 36.0 Å². The number of allylic oxidation sites excluding steroid dienone is 3. The number of aliphatic carboxylic acids is 1. The van der Waals surface area contributed by atoms with Crippen LogP contribution in [0.15, 0.2) is 36.0 Å². The minimum Gasteiger partial charge on any atom is -0.481 e. The maximum atomic E-state index is 14.0. The Kier molecular flexibility index (Phi) is 4.80. The lowest BCUT2D eigenvalue weighted by molar-refractivity contribution is -0.166. The number of carboxylic acid groups (broad SMARTS) is 1. The number of fused-ring (bicyclic) bond motifs is 7. The molecule has 0 aromatic heterocycles. The third-order valence-electron chi connectivity index (χ3n) is 11.3. The SMILES string of the molecule is C=C1CC[C@@]2(C)C(CC[C@@]3(C)C4CC[C@@]5(C)CCC(=C)[C@H](C)C5C4=CC(=O)C32)[C@H]1C(=O)O. The molecular weight excluding hydrogens is 396 g/mol. The van der Waals surface area contributed by atoms with E-state index in [1.165, 1.54) is 24.0 Å². The number of hydrogen-bond acceptors (Lipinski definition) is 2. The van der Waals surface area contributed by atoms with Crippen LogP contribution < -0.4 is 0 Å². The summed E-state index contributed by atoms with van der Waals surface area (Å²) >= 11 is 0. The summed E-state index contributed by atoms with van der Waals surface area (Å²) in [4.78, 5) is 26.2. The third-order valence-corrected chi connectivity index (χ3v) is 11.3. The highest BCUT2D eigenvalue weighted by atomic mass is 16.4. The zero-order chi connectivity index (χ0) is 23.2. The quantitative estimate of drug-likeness (QED) is 0.471. The molecule has 5 rings (SSSR count). The van der Waals surface area contributed by atoms with Crippen molar-refractivity contribution in [1.29, 1.82) is 0 Å². The fourth-order valence-corrected chi connectivity index (χ4v) is 9.67. The van der Waals surface area contributed by atoms with Crippen molar-refractivity contribution in [3.8, 4) is 0 Å². The number of carbonyl (C=O) groups excluding carboxylic acids is 1. The van der Waals surface area contributed by atoms with E-state index >= 15 is 0 Å². The molecule has 4 fully saturated rings. The summed E-state index contributed by atoms with van der Waals surface area (Å²) < 4.78 is 0. The Labute approximate surface area is 193 Å².